The molecule has 1 aromatic heterocycles. The van der Waals surface area contributed by atoms with Crippen LogP contribution in [0.5, 0.6) is 0 Å². The molecular formula is C25H16N2O5S. The molecule has 162 valence electrons. The second-order valence-electron chi connectivity index (χ2n) is 7.46. The molecule has 1 aliphatic heterocycles. The van der Waals surface area contributed by atoms with Crippen LogP contribution in [-0.2, 0) is 11.3 Å². The van der Waals surface area contributed by atoms with Gasteiger partial charge in [0.15, 0.2) is 0 Å². The summed E-state index contributed by atoms with van der Waals surface area (Å²) in [7, 11) is 0. The Morgan fingerprint density at radius 3 is 2.45 bits per heavy atom. The number of benzene rings is 3. The number of hydrogen-bond acceptors (Lipinski definition) is 6. The number of rotatable bonds is 5. The Hall–Kier alpha value is -4.17. The lowest BCUT2D eigenvalue weighted by atomic mass is 10.1. The van der Waals surface area contributed by atoms with Crippen molar-refractivity contribution in [1.82, 2.24) is 4.90 Å². The molecule has 5 rings (SSSR count). The van der Waals surface area contributed by atoms with E-state index >= 15 is 0 Å². The van der Waals surface area contributed by atoms with Gasteiger partial charge in [-0.05, 0) is 58.4 Å². The highest BCUT2D eigenvalue weighted by atomic mass is 32.2. The zero-order valence-electron chi connectivity index (χ0n) is 17.1. The zero-order chi connectivity index (χ0) is 22.9. The summed E-state index contributed by atoms with van der Waals surface area (Å²) in [6, 6.07) is 23.2. The number of imide groups is 1. The third kappa shape index (κ3) is 4.16. The standard InChI is InChI=1S/C25H16N2O5S/c28-24-23(14-21-11-12-22(32-21)18-7-9-20(10-8-18)27(30)31)33-25(29)26(24)15-16-5-6-17-3-1-2-4-19(17)13-16/h1-14H,15H2/b23-14-. The van der Waals surface area contributed by atoms with Gasteiger partial charge in [-0.3, -0.25) is 24.6 Å². The van der Waals surface area contributed by atoms with Gasteiger partial charge in [-0.25, -0.2) is 0 Å². The summed E-state index contributed by atoms with van der Waals surface area (Å²) >= 11 is 0.873. The fraction of sp³-hybridized carbons (Fsp3) is 0.0400. The SMILES string of the molecule is O=C1S/C(=C\c2ccc(-c3ccc([N+](=O)[O-])cc3)o2)C(=O)N1Cc1ccc2ccccc2c1. The molecule has 1 fully saturated rings. The first-order chi connectivity index (χ1) is 16.0. The Morgan fingerprint density at radius 1 is 0.939 bits per heavy atom. The van der Waals surface area contributed by atoms with E-state index in [2.05, 4.69) is 0 Å². The smallest absolute Gasteiger partial charge is 0.293 e. The van der Waals surface area contributed by atoms with Gasteiger partial charge in [0.25, 0.3) is 16.8 Å². The monoisotopic (exact) mass is 456 g/mol. The molecule has 3 aromatic carbocycles. The molecule has 0 atom stereocenters. The Balaban J connectivity index is 1.34. The van der Waals surface area contributed by atoms with E-state index in [0.29, 0.717) is 17.1 Å². The predicted octanol–water partition coefficient (Wildman–Crippen LogP) is 6.24. The molecule has 2 heterocycles. The van der Waals surface area contributed by atoms with Gasteiger partial charge in [-0.2, -0.15) is 0 Å². The van der Waals surface area contributed by atoms with Crippen LogP contribution in [0.2, 0.25) is 0 Å². The Bertz CT molecular complexity index is 1440. The van der Waals surface area contributed by atoms with Crippen LogP contribution in [0, 0.1) is 10.1 Å². The number of thioether (sulfide) groups is 1. The summed E-state index contributed by atoms with van der Waals surface area (Å²) in [6.45, 7) is 0.193. The van der Waals surface area contributed by atoms with Crippen LogP contribution in [0.4, 0.5) is 10.5 Å². The van der Waals surface area contributed by atoms with E-state index < -0.39 is 4.92 Å². The molecule has 0 unspecified atom stereocenters. The van der Waals surface area contributed by atoms with Crippen LogP contribution in [0.15, 0.2) is 88.2 Å². The molecule has 0 spiro atoms. The molecule has 4 aromatic rings. The van der Waals surface area contributed by atoms with Crippen molar-refractivity contribution in [2.24, 2.45) is 0 Å². The number of amides is 2. The van der Waals surface area contributed by atoms with Crippen LogP contribution in [0.25, 0.3) is 28.2 Å². The topological polar surface area (TPSA) is 93.7 Å². The Kier molecular flexibility index (Phi) is 5.27. The van der Waals surface area contributed by atoms with Crippen LogP contribution in [0.1, 0.15) is 11.3 Å². The van der Waals surface area contributed by atoms with Crippen LogP contribution >= 0.6 is 11.8 Å². The van der Waals surface area contributed by atoms with Gasteiger partial charge in [-0.15, -0.1) is 0 Å². The van der Waals surface area contributed by atoms with Crippen molar-refractivity contribution in [3.63, 3.8) is 0 Å². The highest BCUT2D eigenvalue weighted by molar-refractivity contribution is 8.18. The fourth-order valence-corrected chi connectivity index (χ4v) is 4.44. The van der Waals surface area contributed by atoms with Crippen LogP contribution in [-0.4, -0.2) is 21.0 Å². The van der Waals surface area contributed by atoms with E-state index in [1.54, 1.807) is 30.3 Å². The molecule has 0 N–H and O–H groups in total. The first-order valence-corrected chi connectivity index (χ1v) is 10.9. The lowest BCUT2D eigenvalue weighted by Gasteiger charge is -2.13. The second-order valence-corrected chi connectivity index (χ2v) is 8.45. The average molecular weight is 456 g/mol. The van der Waals surface area contributed by atoms with Gasteiger partial charge in [0.2, 0.25) is 0 Å². The van der Waals surface area contributed by atoms with E-state index in [9.17, 15) is 19.7 Å². The van der Waals surface area contributed by atoms with Gasteiger partial charge in [0.05, 0.1) is 16.4 Å². The van der Waals surface area contributed by atoms with E-state index in [0.717, 1.165) is 28.1 Å². The van der Waals surface area contributed by atoms with Crippen molar-refractivity contribution in [3.8, 4) is 11.3 Å². The summed E-state index contributed by atoms with van der Waals surface area (Å²) in [5, 5.41) is 12.6. The van der Waals surface area contributed by atoms with E-state index in [-0.39, 0.29) is 28.3 Å². The molecule has 33 heavy (non-hydrogen) atoms. The highest BCUT2D eigenvalue weighted by Gasteiger charge is 2.35. The molecule has 0 saturated carbocycles. The van der Waals surface area contributed by atoms with Crippen molar-refractivity contribution in [3.05, 3.63) is 105 Å². The van der Waals surface area contributed by atoms with Gasteiger partial charge in [0, 0.05) is 23.8 Å². The summed E-state index contributed by atoms with van der Waals surface area (Å²) in [4.78, 5) is 37.2. The van der Waals surface area contributed by atoms with Gasteiger partial charge >= 0.3 is 0 Å². The number of non-ortho nitro benzene ring substituents is 1. The average Bonchev–Trinajstić information content (AvgIpc) is 3.39. The van der Waals surface area contributed by atoms with Crippen molar-refractivity contribution in [2.75, 3.05) is 0 Å². The van der Waals surface area contributed by atoms with Gasteiger partial charge in [-0.1, -0.05) is 36.4 Å². The summed E-state index contributed by atoms with van der Waals surface area (Å²) < 4.78 is 5.78. The lowest BCUT2D eigenvalue weighted by Crippen LogP contribution is -2.27. The van der Waals surface area contributed by atoms with Crippen LogP contribution < -0.4 is 0 Å². The number of fused-ring (bicyclic) bond motifs is 1. The number of carbonyl (C=O) groups is 2. The van der Waals surface area contributed by atoms with Crippen molar-refractivity contribution in [2.45, 2.75) is 6.54 Å². The van der Waals surface area contributed by atoms with E-state index in [1.807, 2.05) is 42.5 Å². The maximum absolute atomic E-state index is 12.9. The molecule has 1 aliphatic rings. The largest absolute Gasteiger partial charge is 0.457 e. The third-order valence-corrected chi connectivity index (χ3v) is 6.20. The van der Waals surface area contributed by atoms with Crippen LogP contribution in [0.3, 0.4) is 0 Å². The lowest BCUT2D eigenvalue weighted by molar-refractivity contribution is -0.384. The number of nitro groups is 1. The molecule has 0 aliphatic carbocycles. The number of carbonyl (C=O) groups excluding carboxylic acids is 2. The van der Waals surface area contributed by atoms with E-state index in [1.165, 1.54) is 17.0 Å². The number of hydrogen-bond donors (Lipinski definition) is 0. The number of nitrogens with zero attached hydrogens (tertiary/aromatic N) is 2. The quantitative estimate of drug-likeness (QED) is 0.200. The second kappa shape index (κ2) is 8.40. The third-order valence-electron chi connectivity index (χ3n) is 5.29. The minimum absolute atomic E-state index is 0.00869. The van der Waals surface area contributed by atoms with Crippen molar-refractivity contribution in [1.29, 1.82) is 0 Å². The minimum Gasteiger partial charge on any atom is -0.457 e. The van der Waals surface area contributed by atoms with E-state index in [4.69, 9.17) is 4.42 Å². The van der Waals surface area contributed by atoms with Crippen molar-refractivity contribution < 1.29 is 18.9 Å². The first kappa shape index (κ1) is 20.7. The molecule has 8 heteroatoms. The first-order valence-electron chi connectivity index (χ1n) is 10.1. The van der Waals surface area contributed by atoms with Gasteiger partial charge in [0.1, 0.15) is 11.5 Å². The summed E-state index contributed by atoms with van der Waals surface area (Å²) in [6.07, 6.45) is 1.54. The highest BCUT2D eigenvalue weighted by Crippen LogP contribution is 2.34. The molecule has 0 bridgehead atoms. The molecule has 0 radical (unpaired) electrons. The fourth-order valence-electron chi connectivity index (χ4n) is 3.62. The normalized spacial score (nSPS) is 15.0. The maximum Gasteiger partial charge on any atom is 0.293 e. The Morgan fingerprint density at radius 2 is 1.70 bits per heavy atom. The number of furan rings is 1. The van der Waals surface area contributed by atoms with Gasteiger partial charge < -0.3 is 4.42 Å². The summed E-state index contributed by atoms with van der Waals surface area (Å²) in [5.41, 5.74) is 1.53. The zero-order valence-corrected chi connectivity index (χ0v) is 18.0. The molecule has 2 amide bonds. The predicted molar refractivity (Wildman–Crippen MR) is 126 cm³/mol. The minimum atomic E-state index is -0.467. The molecular weight excluding hydrogens is 440 g/mol. The maximum atomic E-state index is 12.9. The number of nitro benzene ring substituents is 1. The summed E-state index contributed by atoms with van der Waals surface area (Å²) in [5.74, 6) is 0.553. The molecule has 1 saturated heterocycles. The van der Waals surface area contributed by atoms with Crippen molar-refractivity contribution >= 4 is 45.4 Å². The Labute approximate surface area is 192 Å². The molecule has 7 nitrogen and oxygen atoms in total.